The van der Waals surface area contributed by atoms with Crippen LogP contribution in [0.4, 0.5) is 10.5 Å². The number of anilines is 1. The highest BCUT2D eigenvalue weighted by Crippen LogP contribution is 2.14. The van der Waals surface area contributed by atoms with E-state index in [2.05, 4.69) is 15.6 Å². The molecule has 8 heteroatoms. The molecule has 8 nitrogen and oxygen atoms in total. The van der Waals surface area contributed by atoms with Crippen molar-refractivity contribution in [3.05, 3.63) is 53.7 Å². The van der Waals surface area contributed by atoms with Gasteiger partial charge in [0.2, 0.25) is 11.8 Å². The number of aromatic nitrogens is 1. The van der Waals surface area contributed by atoms with E-state index in [4.69, 9.17) is 4.74 Å². The molecular weight excluding hydrogens is 324 g/mol. The summed E-state index contributed by atoms with van der Waals surface area (Å²) in [4.78, 5) is 40.5. The molecule has 1 saturated heterocycles. The lowest BCUT2D eigenvalue weighted by Gasteiger charge is -2.12. The molecule has 2 heterocycles. The van der Waals surface area contributed by atoms with Crippen LogP contribution >= 0.6 is 0 Å². The average molecular weight is 340 g/mol. The predicted molar refractivity (Wildman–Crippen MR) is 89.1 cm³/mol. The lowest BCUT2D eigenvalue weighted by Crippen LogP contribution is -2.30. The number of urea groups is 1. The molecule has 2 N–H and O–H groups in total. The summed E-state index contributed by atoms with van der Waals surface area (Å²) in [5, 5.41) is 5.19. The van der Waals surface area contributed by atoms with Gasteiger partial charge < -0.3 is 15.4 Å². The molecule has 1 aliphatic heterocycles. The summed E-state index contributed by atoms with van der Waals surface area (Å²) >= 11 is 0. The summed E-state index contributed by atoms with van der Waals surface area (Å²) in [7, 11) is 1.52. The number of pyridine rings is 1. The minimum atomic E-state index is -0.404. The predicted octanol–water partition coefficient (Wildman–Crippen LogP) is 1.39. The van der Waals surface area contributed by atoms with Crippen LogP contribution in [-0.4, -0.2) is 41.4 Å². The number of methoxy groups -OCH3 is 1. The van der Waals surface area contributed by atoms with Gasteiger partial charge in [0.25, 0.3) is 5.91 Å². The highest BCUT2D eigenvalue weighted by atomic mass is 16.5. The second kappa shape index (κ2) is 7.00. The standard InChI is InChI=1S/C17H16N4O4/c1-25-14-7-6-13(8-18-14)20-16(23)12-4-2-11(3-5-12)10-21-15(22)9-19-17(21)24/h2-8H,9-10H2,1H3,(H,19,24)(H,20,23). The smallest absolute Gasteiger partial charge is 0.324 e. The third-order valence-corrected chi connectivity index (χ3v) is 3.70. The second-order valence-electron chi connectivity index (χ2n) is 5.38. The summed E-state index contributed by atoms with van der Waals surface area (Å²) in [5.41, 5.74) is 1.76. The number of carbonyl (C=O) groups is 3. The number of hydrogen-bond acceptors (Lipinski definition) is 5. The number of benzene rings is 1. The summed E-state index contributed by atoms with van der Waals surface area (Å²) < 4.78 is 4.96. The van der Waals surface area contributed by atoms with Gasteiger partial charge in [-0.05, 0) is 23.8 Å². The molecule has 25 heavy (non-hydrogen) atoms. The van der Waals surface area contributed by atoms with Crippen molar-refractivity contribution in [2.45, 2.75) is 6.54 Å². The molecule has 0 atom stereocenters. The van der Waals surface area contributed by atoms with Gasteiger partial charge in [-0.2, -0.15) is 0 Å². The van der Waals surface area contributed by atoms with Crippen LogP contribution in [0.1, 0.15) is 15.9 Å². The summed E-state index contributed by atoms with van der Waals surface area (Å²) in [6, 6.07) is 9.63. The van der Waals surface area contributed by atoms with Gasteiger partial charge in [-0.15, -0.1) is 0 Å². The molecule has 0 unspecified atom stereocenters. The average Bonchev–Trinajstić information content (AvgIpc) is 2.95. The topological polar surface area (TPSA) is 101 Å². The van der Waals surface area contributed by atoms with Crippen molar-refractivity contribution in [1.82, 2.24) is 15.2 Å². The highest BCUT2D eigenvalue weighted by Gasteiger charge is 2.28. The molecule has 0 radical (unpaired) electrons. The molecule has 0 bridgehead atoms. The molecule has 0 spiro atoms. The van der Waals surface area contributed by atoms with Crippen molar-refractivity contribution in [1.29, 1.82) is 0 Å². The monoisotopic (exact) mass is 340 g/mol. The van der Waals surface area contributed by atoms with Gasteiger partial charge in [0.1, 0.15) is 0 Å². The Balaban J connectivity index is 1.63. The number of ether oxygens (including phenoxy) is 1. The Labute approximate surface area is 143 Å². The fourth-order valence-corrected chi connectivity index (χ4v) is 2.34. The molecule has 0 saturated carbocycles. The first-order valence-corrected chi connectivity index (χ1v) is 7.55. The third kappa shape index (κ3) is 3.74. The van der Waals surface area contributed by atoms with E-state index in [1.54, 1.807) is 36.4 Å². The largest absolute Gasteiger partial charge is 0.481 e. The second-order valence-corrected chi connectivity index (χ2v) is 5.38. The number of nitrogens with one attached hydrogen (secondary N) is 2. The fourth-order valence-electron chi connectivity index (χ4n) is 2.34. The zero-order valence-electron chi connectivity index (χ0n) is 13.5. The maximum atomic E-state index is 12.2. The van der Waals surface area contributed by atoms with Gasteiger partial charge in [-0.3, -0.25) is 14.5 Å². The first-order valence-electron chi connectivity index (χ1n) is 7.55. The van der Waals surface area contributed by atoms with Gasteiger partial charge >= 0.3 is 6.03 Å². The lowest BCUT2D eigenvalue weighted by atomic mass is 10.1. The number of imide groups is 1. The summed E-state index contributed by atoms with van der Waals surface area (Å²) in [6.45, 7) is 0.199. The summed E-state index contributed by atoms with van der Waals surface area (Å²) in [6.07, 6.45) is 1.50. The van der Waals surface area contributed by atoms with E-state index >= 15 is 0 Å². The molecule has 4 amide bonds. The van der Waals surface area contributed by atoms with Gasteiger partial charge in [0.05, 0.1) is 32.1 Å². The molecule has 1 aromatic heterocycles. The molecular formula is C17H16N4O4. The van der Waals surface area contributed by atoms with E-state index in [0.717, 1.165) is 10.5 Å². The van der Waals surface area contributed by atoms with E-state index in [1.165, 1.54) is 13.3 Å². The van der Waals surface area contributed by atoms with Crippen molar-refractivity contribution in [3.8, 4) is 5.88 Å². The first-order chi connectivity index (χ1) is 12.1. The number of hydrogen-bond donors (Lipinski definition) is 2. The normalized spacial score (nSPS) is 13.6. The van der Waals surface area contributed by atoms with E-state index in [1.807, 2.05) is 0 Å². The van der Waals surface area contributed by atoms with Crippen LogP contribution in [0, 0.1) is 0 Å². The number of rotatable bonds is 5. The number of amides is 4. The van der Waals surface area contributed by atoms with Gasteiger partial charge in [0.15, 0.2) is 0 Å². The number of nitrogens with zero attached hydrogens (tertiary/aromatic N) is 2. The lowest BCUT2D eigenvalue weighted by molar-refractivity contribution is -0.125. The SMILES string of the molecule is COc1ccc(NC(=O)c2ccc(CN3C(=O)CNC3=O)cc2)cn1. The van der Waals surface area contributed by atoms with Crippen molar-refractivity contribution in [2.24, 2.45) is 0 Å². The van der Waals surface area contributed by atoms with E-state index in [-0.39, 0.29) is 24.9 Å². The van der Waals surface area contributed by atoms with Crippen molar-refractivity contribution >= 4 is 23.5 Å². The van der Waals surface area contributed by atoms with Crippen molar-refractivity contribution < 1.29 is 19.1 Å². The van der Waals surface area contributed by atoms with Crippen LogP contribution in [-0.2, 0) is 11.3 Å². The van der Waals surface area contributed by atoms with Crippen LogP contribution in [0.2, 0.25) is 0 Å². The van der Waals surface area contributed by atoms with Crippen LogP contribution in [0.5, 0.6) is 5.88 Å². The van der Waals surface area contributed by atoms with Crippen LogP contribution in [0.15, 0.2) is 42.6 Å². The van der Waals surface area contributed by atoms with E-state index < -0.39 is 6.03 Å². The Hall–Kier alpha value is -3.42. The minimum Gasteiger partial charge on any atom is -0.481 e. The zero-order chi connectivity index (χ0) is 17.8. The summed E-state index contributed by atoms with van der Waals surface area (Å²) in [5.74, 6) is -0.0878. The molecule has 1 fully saturated rings. The van der Waals surface area contributed by atoms with Gasteiger partial charge in [-0.25, -0.2) is 9.78 Å². The van der Waals surface area contributed by atoms with Crippen molar-refractivity contribution in [3.63, 3.8) is 0 Å². The molecule has 1 aliphatic rings. The number of carbonyl (C=O) groups excluding carboxylic acids is 3. The van der Waals surface area contributed by atoms with Crippen molar-refractivity contribution in [2.75, 3.05) is 19.0 Å². The third-order valence-electron chi connectivity index (χ3n) is 3.70. The molecule has 2 aromatic rings. The molecule has 3 rings (SSSR count). The molecule has 128 valence electrons. The minimum absolute atomic E-state index is 0.0230. The Bertz CT molecular complexity index is 786. The molecule has 0 aliphatic carbocycles. The highest BCUT2D eigenvalue weighted by molar-refractivity contribution is 6.04. The molecule has 1 aromatic carbocycles. The maximum absolute atomic E-state index is 12.2. The fraction of sp³-hybridized carbons (Fsp3) is 0.176. The van der Waals surface area contributed by atoms with Crippen LogP contribution < -0.4 is 15.4 Å². The Morgan fingerprint density at radius 2 is 2.00 bits per heavy atom. The van der Waals surface area contributed by atoms with E-state index in [0.29, 0.717) is 17.1 Å². The van der Waals surface area contributed by atoms with Crippen LogP contribution in [0.3, 0.4) is 0 Å². The first kappa shape index (κ1) is 16.4. The van der Waals surface area contributed by atoms with Crippen LogP contribution in [0.25, 0.3) is 0 Å². The Morgan fingerprint density at radius 3 is 2.56 bits per heavy atom. The Kier molecular flexibility index (Phi) is 4.60. The van der Waals surface area contributed by atoms with Gasteiger partial charge in [-0.1, -0.05) is 12.1 Å². The van der Waals surface area contributed by atoms with E-state index in [9.17, 15) is 14.4 Å². The van der Waals surface area contributed by atoms with Gasteiger partial charge in [0, 0.05) is 11.6 Å². The quantitative estimate of drug-likeness (QED) is 0.801. The Morgan fingerprint density at radius 1 is 1.24 bits per heavy atom. The zero-order valence-corrected chi connectivity index (χ0v) is 13.5. The maximum Gasteiger partial charge on any atom is 0.324 e.